The smallest absolute Gasteiger partial charge is 0.101 e. The Morgan fingerprint density at radius 2 is 1.09 bits per heavy atom. The van der Waals surface area contributed by atoms with Crippen LogP contribution in [0.3, 0.4) is 0 Å². The molecule has 0 saturated carbocycles. The van der Waals surface area contributed by atoms with Crippen molar-refractivity contribution in [3.63, 3.8) is 0 Å². The second-order valence-electron chi connectivity index (χ2n) is 13.0. The summed E-state index contributed by atoms with van der Waals surface area (Å²) in [5.74, 6) is 0. The van der Waals surface area contributed by atoms with Crippen LogP contribution in [0.2, 0.25) is 0 Å². The van der Waals surface area contributed by atoms with Gasteiger partial charge in [-0.2, -0.15) is 0 Å². The van der Waals surface area contributed by atoms with E-state index in [9.17, 15) is 20.4 Å². The molecule has 0 aromatic carbocycles. The molecule has 0 aromatic rings. The minimum atomic E-state index is -1.16. The number of allylic oxidation sites excluding steroid dienone is 22. The van der Waals surface area contributed by atoms with Crippen molar-refractivity contribution in [2.75, 3.05) is 0 Å². The van der Waals surface area contributed by atoms with Gasteiger partial charge >= 0.3 is 0 Å². The molecule has 44 heavy (non-hydrogen) atoms. The lowest BCUT2D eigenvalue weighted by Crippen LogP contribution is -2.38. The lowest BCUT2D eigenvalue weighted by molar-refractivity contribution is -0.0226. The van der Waals surface area contributed by atoms with Crippen LogP contribution in [0.5, 0.6) is 0 Å². The Balaban J connectivity index is 2.66. The molecular weight excluding hydrogens is 544 g/mol. The van der Waals surface area contributed by atoms with Gasteiger partial charge in [0.2, 0.25) is 0 Å². The molecule has 4 heteroatoms. The van der Waals surface area contributed by atoms with Crippen LogP contribution >= 0.6 is 0 Å². The van der Waals surface area contributed by atoms with Crippen LogP contribution < -0.4 is 0 Å². The Morgan fingerprint density at radius 1 is 0.705 bits per heavy atom. The standard InChI is InChI=1S/C40H56O4/c1-29(18-13-20-31(3)21-15-23-33(5)25-27-37(42)40(9,10)44)16-11-12-17-30(2)19-14-22-32(4)24-26-35-34(6)38(43)36(41)28-39(35,7)8/h11-27,36-38,41-44H,28H2,1-10H3. The molecule has 0 saturated heterocycles. The summed E-state index contributed by atoms with van der Waals surface area (Å²) in [6, 6.07) is 0. The third kappa shape index (κ3) is 14.9. The zero-order chi connectivity index (χ0) is 33.5. The SMILES string of the molecule is CC(C=CC=C(C)C=CC=C(C)C=CC(O)C(C)(C)O)=CC=CC=C(C)C=CC=C(C)C=CC1=C(C)C(O)C(O)CC1(C)C. The molecule has 0 amide bonds. The zero-order valence-electron chi connectivity index (χ0n) is 28.5. The lowest BCUT2D eigenvalue weighted by Gasteiger charge is -2.38. The summed E-state index contributed by atoms with van der Waals surface area (Å²) < 4.78 is 0. The quantitative estimate of drug-likeness (QED) is 0.160. The molecule has 0 heterocycles. The van der Waals surface area contributed by atoms with Crippen molar-refractivity contribution >= 4 is 0 Å². The minimum Gasteiger partial charge on any atom is -0.390 e. The minimum absolute atomic E-state index is 0.182. The van der Waals surface area contributed by atoms with Gasteiger partial charge in [0.15, 0.2) is 0 Å². The van der Waals surface area contributed by atoms with Crippen molar-refractivity contribution in [1.82, 2.24) is 0 Å². The van der Waals surface area contributed by atoms with E-state index in [0.29, 0.717) is 6.42 Å². The molecule has 0 aromatic heterocycles. The van der Waals surface area contributed by atoms with E-state index in [4.69, 9.17) is 0 Å². The first-order chi connectivity index (χ1) is 20.4. The average Bonchev–Trinajstić information content (AvgIpc) is 2.91. The second-order valence-corrected chi connectivity index (χ2v) is 13.0. The van der Waals surface area contributed by atoms with E-state index < -0.39 is 23.9 Å². The molecule has 0 radical (unpaired) electrons. The predicted octanol–water partition coefficient (Wildman–Crippen LogP) is 8.66. The second kappa shape index (κ2) is 18.5. The van der Waals surface area contributed by atoms with Crippen LogP contribution in [0.25, 0.3) is 0 Å². The maximum Gasteiger partial charge on any atom is 0.101 e. The van der Waals surface area contributed by atoms with Gasteiger partial charge in [-0.15, -0.1) is 0 Å². The van der Waals surface area contributed by atoms with E-state index in [0.717, 1.165) is 39.0 Å². The van der Waals surface area contributed by atoms with E-state index in [1.807, 2.05) is 63.3 Å². The van der Waals surface area contributed by atoms with Gasteiger partial charge in [-0.1, -0.05) is 145 Å². The topological polar surface area (TPSA) is 80.9 Å². The van der Waals surface area contributed by atoms with Crippen molar-refractivity contribution in [2.45, 2.75) is 99.6 Å². The molecule has 0 fully saturated rings. The maximum atomic E-state index is 10.3. The summed E-state index contributed by atoms with van der Waals surface area (Å²) >= 11 is 0. The Labute approximate surface area is 267 Å². The van der Waals surface area contributed by atoms with E-state index in [2.05, 4.69) is 83.2 Å². The Morgan fingerprint density at radius 3 is 1.52 bits per heavy atom. The summed E-state index contributed by atoms with van der Waals surface area (Å²) in [5.41, 5.74) is 6.07. The number of aliphatic hydroxyl groups is 4. The van der Waals surface area contributed by atoms with Crippen molar-refractivity contribution in [3.05, 3.63) is 142 Å². The van der Waals surface area contributed by atoms with Gasteiger partial charge in [-0.05, 0) is 78.4 Å². The molecule has 0 bridgehead atoms. The fourth-order valence-electron chi connectivity index (χ4n) is 4.52. The third-order valence-corrected chi connectivity index (χ3v) is 7.44. The van der Waals surface area contributed by atoms with Crippen LogP contribution in [0.4, 0.5) is 0 Å². The average molecular weight is 601 g/mol. The Bertz CT molecular complexity index is 1320. The molecule has 4 nitrogen and oxygen atoms in total. The monoisotopic (exact) mass is 600 g/mol. The van der Waals surface area contributed by atoms with E-state index in [1.165, 1.54) is 0 Å². The Kier molecular flexibility index (Phi) is 16.3. The highest BCUT2D eigenvalue weighted by Crippen LogP contribution is 2.41. The fourth-order valence-corrected chi connectivity index (χ4v) is 4.52. The summed E-state index contributed by atoms with van der Waals surface area (Å²) in [5, 5.41) is 40.1. The van der Waals surface area contributed by atoms with Gasteiger partial charge in [0.1, 0.15) is 12.2 Å². The number of aliphatic hydroxyl groups excluding tert-OH is 3. The first-order valence-corrected chi connectivity index (χ1v) is 15.3. The maximum absolute atomic E-state index is 10.3. The fraction of sp³-hybridized carbons (Fsp3) is 0.400. The number of hydrogen-bond acceptors (Lipinski definition) is 4. The first-order valence-electron chi connectivity index (χ1n) is 15.3. The summed E-state index contributed by atoms with van der Waals surface area (Å²) in [6.45, 7) is 19.4. The molecule has 0 spiro atoms. The van der Waals surface area contributed by atoms with E-state index >= 15 is 0 Å². The largest absolute Gasteiger partial charge is 0.390 e. The molecule has 3 atom stereocenters. The third-order valence-electron chi connectivity index (χ3n) is 7.44. The molecule has 1 aliphatic carbocycles. The number of hydrogen-bond donors (Lipinski definition) is 4. The molecule has 1 rings (SSSR count). The van der Waals surface area contributed by atoms with Gasteiger partial charge in [-0.3, -0.25) is 0 Å². The molecule has 240 valence electrons. The highest BCUT2D eigenvalue weighted by Gasteiger charge is 2.36. The van der Waals surface area contributed by atoms with Crippen molar-refractivity contribution in [1.29, 1.82) is 0 Å². The highest BCUT2D eigenvalue weighted by molar-refractivity contribution is 5.39. The molecule has 3 unspecified atom stereocenters. The first kappa shape index (κ1) is 38.7. The van der Waals surface area contributed by atoms with Gasteiger partial charge < -0.3 is 20.4 Å². The number of rotatable bonds is 13. The van der Waals surface area contributed by atoms with Crippen LogP contribution in [0.15, 0.2) is 142 Å². The van der Waals surface area contributed by atoms with Crippen molar-refractivity contribution in [3.8, 4) is 0 Å². The normalized spacial score (nSPS) is 22.8. The van der Waals surface area contributed by atoms with Crippen LogP contribution in [-0.2, 0) is 0 Å². The lowest BCUT2D eigenvalue weighted by atomic mass is 9.70. The molecule has 4 N–H and O–H groups in total. The zero-order valence-corrected chi connectivity index (χ0v) is 28.5. The summed E-state index contributed by atoms with van der Waals surface area (Å²) in [6.07, 6.45) is 32.1. The van der Waals surface area contributed by atoms with Crippen molar-refractivity contribution in [2.24, 2.45) is 5.41 Å². The van der Waals surface area contributed by atoms with Crippen LogP contribution in [0.1, 0.15) is 75.7 Å². The predicted molar refractivity (Wildman–Crippen MR) is 189 cm³/mol. The molecular formula is C40H56O4. The van der Waals surface area contributed by atoms with Gasteiger partial charge in [0.25, 0.3) is 0 Å². The van der Waals surface area contributed by atoms with Crippen molar-refractivity contribution < 1.29 is 20.4 Å². The Hall–Kier alpha value is -3.28. The van der Waals surface area contributed by atoms with E-state index in [-0.39, 0.29) is 5.41 Å². The van der Waals surface area contributed by atoms with Crippen LogP contribution in [0, 0.1) is 5.41 Å². The summed E-state index contributed by atoms with van der Waals surface area (Å²) in [7, 11) is 0. The molecule has 0 aliphatic heterocycles. The summed E-state index contributed by atoms with van der Waals surface area (Å²) in [4.78, 5) is 0. The van der Waals surface area contributed by atoms with Gasteiger partial charge in [-0.25, -0.2) is 0 Å². The van der Waals surface area contributed by atoms with Crippen LogP contribution in [-0.4, -0.2) is 44.3 Å². The highest BCUT2D eigenvalue weighted by atomic mass is 16.3. The van der Waals surface area contributed by atoms with Gasteiger partial charge in [0.05, 0.1) is 11.7 Å². The molecule has 1 aliphatic rings. The van der Waals surface area contributed by atoms with E-state index in [1.54, 1.807) is 26.0 Å². The van der Waals surface area contributed by atoms with Gasteiger partial charge in [0, 0.05) is 0 Å².